The van der Waals surface area contributed by atoms with Gasteiger partial charge in [0, 0.05) is 29.6 Å². The molecular formula is C20H25N3O2. The molecule has 0 unspecified atom stereocenters. The van der Waals surface area contributed by atoms with Gasteiger partial charge in [0.15, 0.2) is 0 Å². The predicted octanol–water partition coefficient (Wildman–Crippen LogP) is 2.42. The van der Waals surface area contributed by atoms with E-state index in [0.717, 1.165) is 43.2 Å². The molecule has 2 N–H and O–H groups in total. The summed E-state index contributed by atoms with van der Waals surface area (Å²) in [5, 5.41) is 8.39. The average Bonchev–Trinajstić information content (AvgIpc) is 2.64. The highest BCUT2D eigenvalue weighted by atomic mass is 16.2. The summed E-state index contributed by atoms with van der Waals surface area (Å²) >= 11 is 0. The highest BCUT2D eigenvalue weighted by Gasteiger charge is 2.31. The Kier molecular flexibility index (Phi) is 5.79. The third kappa shape index (κ3) is 3.72. The van der Waals surface area contributed by atoms with E-state index in [9.17, 15) is 9.59 Å². The molecule has 0 aromatic heterocycles. The number of nitrogens with one attached hydrogen (secondary N) is 2. The topological polar surface area (TPSA) is 61.4 Å². The van der Waals surface area contributed by atoms with Gasteiger partial charge in [-0.2, -0.15) is 0 Å². The lowest BCUT2D eigenvalue weighted by Gasteiger charge is -2.27. The summed E-state index contributed by atoms with van der Waals surface area (Å²) in [6.07, 6.45) is 2.17. The van der Waals surface area contributed by atoms with Crippen molar-refractivity contribution in [1.82, 2.24) is 15.5 Å². The molecule has 132 valence electrons. The van der Waals surface area contributed by atoms with Crippen LogP contribution >= 0.6 is 0 Å². The van der Waals surface area contributed by atoms with Crippen LogP contribution in [-0.4, -0.2) is 49.4 Å². The summed E-state index contributed by atoms with van der Waals surface area (Å²) in [5.74, 6) is -0.388. The van der Waals surface area contributed by atoms with E-state index in [4.69, 9.17) is 0 Å². The Morgan fingerprint density at radius 1 is 0.840 bits per heavy atom. The molecule has 1 heterocycles. The van der Waals surface area contributed by atoms with Crippen LogP contribution < -0.4 is 10.6 Å². The number of nitrogens with zero attached hydrogens (tertiary/aromatic N) is 1. The fraction of sp³-hybridized carbons (Fsp3) is 0.400. The highest BCUT2D eigenvalue weighted by Crippen LogP contribution is 2.29. The minimum Gasteiger partial charge on any atom is -0.317 e. The molecule has 0 fully saturated rings. The number of amides is 2. The number of hydrogen-bond acceptors (Lipinski definition) is 4. The zero-order valence-corrected chi connectivity index (χ0v) is 14.7. The summed E-state index contributed by atoms with van der Waals surface area (Å²) in [4.78, 5) is 26.8. The maximum atomic E-state index is 12.7. The van der Waals surface area contributed by atoms with Gasteiger partial charge in [0.25, 0.3) is 11.8 Å². The lowest BCUT2D eigenvalue weighted by atomic mass is 9.94. The Balaban J connectivity index is 1.59. The summed E-state index contributed by atoms with van der Waals surface area (Å²) in [6, 6.07) is 11.2. The molecule has 1 aliphatic rings. The fourth-order valence-electron chi connectivity index (χ4n) is 3.24. The van der Waals surface area contributed by atoms with E-state index in [1.54, 1.807) is 12.1 Å². The third-order valence-corrected chi connectivity index (χ3v) is 4.50. The second kappa shape index (κ2) is 8.23. The van der Waals surface area contributed by atoms with Crippen molar-refractivity contribution in [2.75, 3.05) is 32.7 Å². The fourth-order valence-corrected chi connectivity index (χ4v) is 3.24. The Bertz CT molecular complexity index is 722. The van der Waals surface area contributed by atoms with E-state index < -0.39 is 0 Å². The molecule has 0 saturated heterocycles. The number of carbonyl (C=O) groups is 2. The van der Waals surface area contributed by atoms with Crippen molar-refractivity contribution in [3.05, 3.63) is 47.5 Å². The second-order valence-corrected chi connectivity index (χ2v) is 6.32. The molecule has 0 spiro atoms. The Morgan fingerprint density at radius 3 is 2.04 bits per heavy atom. The summed E-state index contributed by atoms with van der Waals surface area (Å²) in [7, 11) is 0. The van der Waals surface area contributed by atoms with Gasteiger partial charge in [-0.25, -0.2) is 0 Å². The molecule has 2 amide bonds. The summed E-state index contributed by atoms with van der Waals surface area (Å²) in [5.41, 5.74) is 1.24. The van der Waals surface area contributed by atoms with Gasteiger partial charge >= 0.3 is 0 Å². The van der Waals surface area contributed by atoms with Gasteiger partial charge in [-0.05, 0) is 50.0 Å². The van der Waals surface area contributed by atoms with Crippen molar-refractivity contribution in [2.24, 2.45) is 0 Å². The maximum Gasteiger partial charge on any atom is 0.261 e. The molecule has 0 atom stereocenters. The second-order valence-electron chi connectivity index (χ2n) is 6.32. The first-order valence-electron chi connectivity index (χ1n) is 9.03. The largest absolute Gasteiger partial charge is 0.317 e. The minimum absolute atomic E-state index is 0.194. The van der Waals surface area contributed by atoms with E-state index in [0.29, 0.717) is 24.2 Å². The average molecular weight is 339 g/mol. The molecule has 0 aliphatic carbocycles. The molecule has 3 rings (SSSR count). The first kappa shape index (κ1) is 17.6. The van der Waals surface area contributed by atoms with Crippen LogP contribution in [0.4, 0.5) is 0 Å². The molecular weight excluding hydrogens is 314 g/mol. The van der Waals surface area contributed by atoms with Gasteiger partial charge in [0.1, 0.15) is 0 Å². The molecule has 0 radical (unpaired) electrons. The van der Waals surface area contributed by atoms with Crippen molar-refractivity contribution < 1.29 is 9.59 Å². The molecule has 0 bridgehead atoms. The lowest BCUT2D eigenvalue weighted by molar-refractivity contribution is 0.0612. The number of rotatable bonds is 9. The van der Waals surface area contributed by atoms with E-state index in [1.165, 1.54) is 4.90 Å². The van der Waals surface area contributed by atoms with Crippen LogP contribution in [-0.2, 0) is 0 Å². The molecule has 5 heteroatoms. The quantitative estimate of drug-likeness (QED) is 0.544. The van der Waals surface area contributed by atoms with Crippen molar-refractivity contribution in [1.29, 1.82) is 0 Å². The normalized spacial score (nSPS) is 13.7. The van der Waals surface area contributed by atoms with Crippen LogP contribution in [0.25, 0.3) is 10.8 Å². The Morgan fingerprint density at radius 2 is 1.44 bits per heavy atom. The van der Waals surface area contributed by atoms with Crippen molar-refractivity contribution >= 4 is 22.6 Å². The number of hydrogen-bond donors (Lipinski definition) is 2. The van der Waals surface area contributed by atoms with Crippen molar-refractivity contribution in [3.63, 3.8) is 0 Å². The first-order chi connectivity index (χ1) is 12.2. The number of carbonyl (C=O) groups excluding carboxylic acids is 2. The lowest BCUT2D eigenvalue weighted by Crippen LogP contribution is -2.44. The molecule has 2 aromatic rings. The zero-order valence-electron chi connectivity index (χ0n) is 14.7. The van der Waals surface area contributed by atoms with Crippen LogP contribution in [0.15, 0.2) is 36.4 Å². The number of imide groups is 1. The molecule has 2 aromatic carbocycles. The Hall–Kier alpha value is -2.24. The van der Waals surface area contributed by atoms with Crippen LogP contribution in [0.5, 0.6) is 0 Å². The SMILES string of the molecule is CCCNCCCNCCN1C(=O)c2cccc3cccc(c23)C1=O. The van der Waals surface area contributed by atoms with Gasteiger partial charge in [0.05, 0.1) is 0 Å². The monoisotopic (exact) mass is 339 g/mol. The van der Waals surface area contributed by atoms with E-state index in [-0.39, 0.29) is 11.8 Å². The van der Waals surface area contributed by atoms with Gasteiger partial charge < -0.3 is 10.6 Å². The zero-order chi connectivity index (χ0) is 17.6. The van der Waals surface area contributed by atoms with Crippen LogP contribution in [0.2, 0.25) is 0 Å². The van der Waals surface area contributed by atoms with Crippen LogP contribution in [0.3, 0.4) is 0 Å². The molecule has 5 nitrogen and oxygen atoms in total. The third-order valence-electron chi connectivity index (χ3n) is 4.50. The van der Waals surface area contributed by atoms with Crippen LogP contribution in [0.1, 0.15) is 40.5 Å². The van der Waals surface area contributed by atoms with Crippen molar-refractivity contribution in [2.45, 2.75) is 19.8 Å². The van der Waals surface area contributed by atoms with E-state index >= 15 is 0 Å². The van der Waals surface area contributed by atoms with Crippen LogP contribution in [0, 0.1) is 0 Å². The molecule has 1 aliphatic heterocycles. The summed E-state index contributed by atoms with van der Waals surface area (Å²) in [6.45, 7) is 6.06. The minimum atomic E-state index is -0.194. The van der Waals surface area contributed by atoms with E-state index in [1.807, 2.05) is 24.3 Å². The maximum absolute atomic E-state index is 12.7. The predicted molar refractivity (Wildman–Crippen MR) is 100.0 cm³/mol. The van der Waals surface area contributed by atoms with E-state index in [2.05, 4.69) is 17.6 Å². The molecule has 25 heavy (non-hydrogen) atoms. The van der Waals surface area contributed by atoms with Crippen molar-refractivity contribution in [3.8, 4) is 0 Å². The summed E-state index contributed by atoms with van der Waals surface area (Å²) < 4.78 is 0. The van der Waals surface area contributed by atoms with Gasteiger partial charge in [-0.15, -0.1) is 0 Å². The van der Waals surface area contributed by atoms with Gasteiger partial charge in [0.2, 0.25) is 0 Å². The standard InChI is InChI=1S/C20H25N3O2/c1-2-10-21-11-5-12-22-13-14-23-19(24)16-8-3-6-15-7-4-9-17(18(15)16)20(23)25/h3-4,6-9,21-22H,2,5,10-14H2,1H3. The highest BCUT2D eigenvalue weighted by molar-refractivity contribution is 6.25. The van der Waals surface area contributed by atoms with Gasteiger partial charge in [-0.1, -0.05) is 31.2 Å². The number of benzene rings is 2. The molecule has 0 saturated carbocycles. The Labute approximate surface area is 148 Å². The smallest absolute Gasteiger partial charge is 0.261 e. The first-order valence-corrected chi connectivity index (χ1v) is 9.03. The van der Waals surface area contributed by atoms with Gasteiger partial charge in [-0.3, -0.25) is 14.5 Å².